The summed E-state index contributed by atoms with van der Waals surface area (Å²) in [5, 5.41) is 10.3. The number of anilines is 2. The lowest BCUT2D eigenvalue weighted by Crippen LogP contribution is -2.50. The fourth-order valence-corrected chi connectivity index (χ4v) is 5.96. The van der Waals surface area contributed by atoms with E-state index in [1.807, 2.05) is 45.0 Å². The lowest BCUT2D eigenvalue weighted by molar-refractivity contribution is 0.0240. The molecular formula is C33H37N3O5S. The maximum atomic E-state index is 12.5. The third-order valence-electron chi connectivity index (χ3n) is 7.20. The van der Waals surface area contributed by atoms with E-state index in [4.69, 9.17) is 9.15 Å². The number of carboxylic acids is 1. The Balaban J connectivity index is 1.31. The molecule has 0 unspecified atom stereocenters. The van der Waals surface area contributed by atoms with Gasteiger partial charge in [0.1, 0.15) is 11.2 Å². The first-order chi connectivity index (χ1) is 20.1. The number of benzene rings is 3. The summed E-state index contributed by atoms with van der Waals surface area (Å²) in [5.41, 5.74) is 4.15. The van der Waals surface area contributed by atoms with Crippen LogP contribution in [0.2, 0.25) is 0 Å². The van der Waals surface area contributed by atoms with E-state index in [9.17, 15) is 14.7 Å². The number of hydrogen-bond acceptors (Lipinski definition) is 7. The molecule has 0 saturated carbocycles. The molecule has 1 N–H and O–H groups in total. The molecule has 1 saturated heterocycles. The highest BCUT2D eigenvalue weighted by Crippen LogP contribution is 2.35. The first-order valence-corrected chi connectivity index (χ1v) is 14.9. The number of piperazine rings is 1. The van der Waals surface area contributed by atoms with E-state index >= 15 is 0 Å². The van der Waals surface area contributed by atoms with Crippen molar-refractivity contribution in [3.8, 4) is 0 Å². The fraction of sp³-hybridized carbons (Fsp3) is 0.333. The van der Waals surface area contributed by atoms with Crippen LogP contribution in [0.5, 0.6) is 0 Å². The molecule has 1 aliphatic rings. The lowest BCUT2D eigenvalue weighted by atomic mass is 10.1. The van der Waals surface area contributed by atoms with Crippen molar-refractivity contribution in [1.82, 2.24) is 4.90 Å². The number of fused-ring (bicyclic) bond motifs is 1. The standard InChI is InChI=1S/C33H37N3O5S/c1-23-28-22-27(14-15-29(28)40-30(23)31(37)38)42-36(17-16-24-8-6-5-7-9-24)26-12-10-25(11-13-26)34-18-20-35(21-19-34)32(39)41-33(2,3)4/h5-15,22H,16-21H2,1-4H3,(H,37,38). The maximum Gasteiger partial charge on any atom is 0.410 e. The van der Waals surface area contributed by atoms with Crippen molar-refractivity contribution in [2.75, 3.05) is 41.9 Å². The van der Waals surface area contributed by atoms with Gasteiger partial charge in [0.15, 0.2) is 0 Å². The Labute approximate surface area is 251 Å². The Morgan fingerprint density at radius 1 is 0.976 bits per heavy atom. The molecule has 5 rings (SSSR count). The van der Waals surface area contributed by atoms with Gasteiger partial charge in [-0.15, -0.1) is 0 Å². The highest BCUT2D eigenvalue weighted by molar-refractivity contribution is 8.00. The minimum atomic E-state index is -1.06. The first-order valence-electron chi connectivity index (χ1n) is 14.2. The Hall–Kier alpha value is -4.11. The molecule has 0 radical (unpaired) electrons. The third-order valence-corrected chi connectivity index (χ3v) is 8.28. The van der Waals surface area contributed by atoms with E-state index in [0.717, 1.165) is 47.7 Å². The van der Waals surface area contributed by atoms with E-state index < -0.39 is 11.6 Å². The van der Waals surface area contributed by atoms with Gasteiger partial charge in [-0.25, -0.2) is 9.59 Å². The van der Waals surface area contributed by atoms with Crippen LogP contribution in [0.3, 0.4) is 0 Å². The number of carbonyl (C=O) groups is 2. The van der Waals surface area contributed by atoms with Gasteiger partial charge < -0.3 is 28.4 Å². The number of rotatable bonds is 8. The van der Waals surface area contributed by atoms with Crippen LogP contribution in [-0.2, 0) is 11.2 Å². The van der Waals surface area contributed by atoms with Gasteiger partial charge in [0, 0.05) is 59.9 Å². The number of aryl methyl sites for hydroxylation is 1. The fourth-order valence-electron chi connectivity index (χ4n) is 4.99. The number of nitrogens with zero attached hydrogens (tertiary/aromatic N) is 3. The van der Waals surface area contributed by atoms with Crippen molar-refractivity contribution in [3.63, 3.8) is 0 Å². The van der Waals surface area contributed by atoms with E-state index in [2.05, 4.69) is 57.7 Å². The first kappa shape index (κ1) is 29.4. The Morgan fingerprint density at radius 2 is 1.67 bits per heavy atom. The average Bonchev–Trinajstić information content (AvgIpc) is 3.31. The molecule has 1 aliphatic heterocycles. The van der Waals surface area contributed by atoms with Crippen LogP contribution in [0, 0.1) is 6.92 Å². The number of hydrogen-bond donors (Lipinski definition) is 1. The van der Waals surface area contributed by atoms with Gasteiger partial charge in [0.2, 0.25) is 5.76 Å². The van der Waals surface area contributed by atoms with Crippen LogP contribution >= 0.6 is 11.9 Å². The second-order valence-electron chi connectivity index (χ2n) is 11.4. The van der Waals surface area contributed by atoms with Gasteiger partial charge in [-0.05, 0) is 94.1 Å². The van der Waals surface area contributed by atoms with E-state index in [1.54, 1.807) is 23.8 Å². The highest BCUT2D eigenvalue weighted by Gasteiger charge is 2.26. The van der Waals surface area contributed by atoms with Gasteiger partial charge in [-0.2, -0.15) is 0 Å². The maximum absolute atomic E-state index is 12.5. The van der Waals surface area contributed by atoms with Gasteiger partial charge in [0.05, 0.1) is 0 Å². The van der Waals surface area contributed by atoms with Gasteiger partial charge in [-0.1, -0.05) is 30.3 Å². The predicted octanol–water partition coefficient (Wildman–Crippen LogP) is 7.25. The monoisotopic (exact) mass is 587 g/mol. The number of amides is 1. The zero-order valence-electron chi connectivity index (χ0n) is 24.5. The number of ether oxygens (including phenoxy) is 1. The molecule has 4 aromatic rings. The summed E-state index contributed by atoms with van der Waals surface area (Å²) in [6.07, 6.45) is 0.616. The molecule has 2 heterocycles. The number of carbonyl (C=O) groups excluding carboxylic acids is 1. The summed E-state index contributed by atoms with van der Waals surface area (Å²) in [6, 6.07) is 24.8. The van der Waals surface area contributed by atoms with Crippen molar-refractivity contribution < 1.29 is 23.8 Å². The molecule has 0 aliphatic carbocycles. The molecule has 9 heteroatoms. The summed E-state index contributed by atoms with van der Waals surface area (Å²) in [7, 11) is 0. The van der Waals surface area contributed by atoms with Crippen LogP contribution in [0.15, 0.2) is 82.1 Å². The largest absolute Gasteiger partial charge is 0.475 e. The Morgan fingerprint density at radius 3 is 2.31 bits per heavy atom. The van der Waals surface area contributed by atoms with Crippen LogP contribution in [0.4, 0.5) is 16.2 Å². The van der Waals surface area contributed by atoms with Gasteiger partial charge in [-0.3, -0.25) is 0 Å². The Kier molecular flexibility index (Phi) is 8.68. The highest BCUT2D eigenvalue weighted by atomic mass is 32.2. The molecule has 220 valence electrons. The minimum absolute atomic E-state index is 0.0180. The number of aromatic carboxylic acids is 1. The molecule has 1 aromatic heterocycles. The normalized spacial score (nSPS) is 13.8. The molecule has 42 heavy (non-hydrogen) atoms. The molecule has 0 spiro atoms. The zero-order chi connectivity index (χ0) is 29.9. The molecule has 1 fully saturated rings. The quantitative estimate of drug-likeness (QED) is 0.216. The third kappa shape index (κ3) is 7.02. The molecule has 3 aromatic carbocycles. The Bertz CT molecular complexity index is 1540. The topological polar surface area (TPSA) is 86.5 Å². The van der Waals surface area contributed by atoms with Crippen molar-refractivity contribution in [3.05, 3.63) is 89.7 Å². The van der Waals surface area contributed by atoms with Crippen LogP contribution in [-0.4, -0.2) is 60.4 Å². The second-order valence-corrected chi connectivity index (χ2v) is 12.5. The molecule has 0 bridgehead atoms. The van der Waals surface area contributed by atoms with Gasteiger partial charge >= 0.3 is 12.1 Å². The molecular weight excluding hydrogens is 550 g/mol. The predicted molar refractivity (Wildman–Crippen MR) is 168 cm³/mol. The second kappa shape index (κ2) is 12.4. The lowest BCUT2D eigenvalue weighted by Gasteiger charge is -2.37. The summed E-state index contributed by atoms with van der Waals surface area (Å²) < 4.78 is 13.4. The number of furan rings is 1. The van der Waals surface area contributed by atoms with Crippen molar-refractivity contribution in [1.29, 1.82) is 0 Å². The van der Waals surface area contributed by atoms with Crippen LogP contribution in [0.25, 0.3) is 11.0 Å². The summed E-state index contributed by atoms with van der Waals surface area (Å²) in [6.45, 7) is 10.9. The van der Waals surface area contributed by atoms with Gasteiger partial charge in [0.25, 0.3) is 0 Å². The summed E-state index contributed by atoms with van der Waals surface area (Å²) >= 11 is 1.62. The van der Waals surface area contributed by atoms with Crippen LogP contribution < -0.4 is 9.21 Å². The molecule has 1 amide bonds. The van der Waals surface area contributed by atoms with Crippen molar-refractivity contribution in [2.24, 2.45) is 0 Å². The summed E-state index contributed by atoms with van der Waals surface area (Å²) in [4.78, 5) is 29.1. The van der Waals surface area contributed by atoms with E-state index in [0.29, 0.717) is 24.2 Å². The smallest absolute Gasteiger partial charge is 0.410 e. The average molecular weight is 588 g/mol. The summed E-state index contributed by atoms with van der Waals surface area (Å²) in [5.74, 6) is -1.08. The zero-order valence-corrected chi connectivity index (χ0v) is 25.3. The SMILES string of the molecule is Cc1c(C(=O)O)oc2ccc(SN(CCc3ccccc3)c3ccc(N4CCN(C(=O)OC(C)(C)C)CC4)cc3)cc12. The van der Waals surface area contributed by atoms with Crippen LogP contribution in [0.1, 0.15) is 42.5 Å². The van der Waals surface area contributed by atoms with Crippen molar-refractivity contribution >= 4 is 46.4 Å². The molecule has 0 atom stereocenters. The minimum Gasteiger partial charge on any atom is -0.475 e. The number of carboxylic acid groups (broad SMARTS) is 1. The van der Waals surface area contributed by atoms with Crippen molar-refractivity contribution in [2.45, 2.75) is 44.6 Å². The van der Waals surface area contributed by atoms with E-state index in [1.165, 1.54) is 5.56 Å². The molecule has 8 nitrogen and oxygen atoms in total. The van der Waals surface area contributed by atoms with E-state index in [-0.39, 0.29) is 11.9 Å².